The van der Waals surface area contributed by atoms with E-state index in [1.165, 1.54) is 0 Å². The summed E-state index contributed by atoms with van der Waals surface area (Å²) < 4.78 is 0. The van der Waals surface area contributed by atoms with Crippen LogP contribution >= 0.6 is 24.0 Å². The maximum Gasteiger partial charge on any atom is 0.251 e. The molecule has 1 saturated carbocycles. The van der Waals surface area contributed by atoms with Crippen LogP contribution in [0.3, 0.4) is 0 Å². The summed E-state index contributed by atoms with van der Waals surface area (Å²) in [4.78, 5) is 11.9. The number of hydrogen-bond acceptors (Lipinski definition) is 2. The number of piperidine rings is 1. The number of hydrogen-bond donors (Lipinski definition) is 2. The fourth-order valence-electron chi connectivity index (χ4n) is 2.47. The Morgan fingerprint density at radius 3 is 2.41 bits per heavy atom. The van der Waals surface area contributed by atoms with Crippen LogP contribution in [0.5, 0.6) is 0 Å². The van der Waals surface area contributed by atoms with Gasteiger partial charge in [0, 0.05) is 29.7 Å². The van der Waals surface area contributed by atoms with Crippen molar-refractivity contribution in [3.63, 3.8) is 0 Å². The fraction of sp³-hybridized carbons (Fsp3) is 0.417. The van der Waals surface area contributed by atoms with Gasteiger partial charge in [0.1, 0.15) is 0 Å². The summed E-state index contributed by atoms with van der Waals surface area (Å²) in [6.07, 6.45) is 0. The van der Waals surface area contributed by atoms with Gasteiger partial charge < -0.3 is 10.6 Å². The van der Waals surface area contributed by atoms with E-state index in [0.29, 0.717) is 28.5 Å². The van der Waals surface area contributed by atoms with Crippen LogP contribution in [-0.2, 0) is 0 Å². The van der Waals surface area contributed by atoms with E-state index >= 15 is 0 Å². The molecule has 0 aromatic heterocycles. The molecule has 3 nitrogen and oxygen atoms in total. The lowest BCUT2D eigenvalue weighted by atomic mass is 10.2. The third kappa shape index (κ3) is 2.41. The normalized spacial score (nSPS) is 29.1. The Morgan fingerprint density at radius 1 is 1.24 bits per heavy atom. The van der Waals surface area contributed by atoms with Crippen LogP contribution in [-0.4, -0.2) is 25.0 Å². The molecule has 3 rings (SSSR count). The molecule has 2 unspecified atom stereocenters. The molecule has 2 N–H and O–H groups in total. The lowest BCUT2D eigenvalue weighted by Crippen LogP contribution is -2.32. The fourth-order valence-corrected chi connectivity index (χ4v) is 2.59. The summed E-state index contributed by atoms with van der Waals surface area (Å²) in [6.45, 7) is 2.08. The Balaban J connectivity index is 0.00000108. The Hall–Kier alpha value is -0.770. The van der Waals surface area contributed by atoms with E-state index in [9.17, 15) is 4.79 Å². The van der Waals surface area contributed by atoms with Gasteiger partial charge in [-0.2, -0.15) is 0 Å². The first-order valence-corrected chi connectivity index (χ1v) is 5.90. The lowest BCUT2D eigenvalue weighted by Gasteiger charge is -2.07. The van der Waals surface area contributed by atoms with Crippen LogP contribution in [0.4, 0.5) is 0 Å². The van der Waals surface area contributed by atoms with Gasteiger partial charge in [0.15, 0.2) is 0 Å². The second-order valence-electron chi connectivity index (χ2n) is 4.49. The van der Waals surface area contributed by atoms with Gasteiger partial charge in [-0.3, -0.25) is 4.79 Å². The smallest absolute Gasteiger partial charge is 0.251 e. The van der Waals surface area contributed by atoms with Gasteiger partial charge in [-0.05, 0) is 36.1 Å². The van der Waals surface area contributed by atoms with E-state index in [1.54, 1.807) is 24.3 Å². The number of carbonyl (C=O) groups is 1. The van der Waals surface area contributed by atoms with Crippen LogP contribution in [0, 0.1) is 11.8 Å². The summed E-state index contributed by atoms with van der Waals surface area (Å²) in [7, 11) is 0. The molecule has 2 fully saturated rings. The Bertz CT molecular complexity index is 411. The van der Waals surface area contributed by atoms with Crippen molar-refractivity contribution >= 4 is 29.9 Å². The van der Waals surface area contributed by atoms with E-state index in [-0.39, 0.29) is 18.3 Å². The lowest BCUT2D eigenvalue weighted by molar-refractivity contribution is 0.0946. The molecule has 17 heavy (non-hydrogen) atoms. The topological polar surface area (TPSA) is 41.1 Å². The summed E-state index contributed by atoms with van der Waals surface area (Å²) >= 11 is 5.77. The SMILES string of the molecule is Cl.O=C(NC1C2CNCC21)c1ccc(Cl)cc1. The van der Waals surface area contributed by atoms with Crippen LogP contribution in [0.15, 0.2) is 24.3 Å². The number of rotatable bonds is 2. The van der Waals surface area contributed by atoms with Gasteiger partial charge in [-0.25, -0.2) is 0 Å². The van der Waals surface area contributed by atoms with Crippen LogP contribution < -0.4 is 10.6 Å². The van der Waals surface area contributed by atoms with Crippen molar-refractivity contribution in [3.05, 3.63) is 34.9 Å². The van der Waals surface area contributed by atoms with Crippen LogP contribution in [0.2, 0.25) is 5.02 Å². The maximum absolute atomic E-state index is 11.9. The first-order valence-electron chi connectivity index (χ1n) is 5.53. The van der Waals surface area contributed by atoms with E-state index in [0.717, 1.165) is 13.1 Å². The maximum atomic E-state index is 11.9. The molecule has 1 aromatic carbocycles. The predicted octanol–water partition coefficient (Wildman–Crippen LogP) is 1.71. The van der Waals surface area contributed by atoms with Crippen LogP contribution in [0.25, 0.3) is 0 Å². The average molecular weight is 273 g/mol. The number of nitrogens with one attached hydrogen (secondary N) is 2. The molecule has 2 aliphatic rings. The summed E-state index contributed by atoms with van der Waals surface area (Å²) in [5.41, 5.74) is 0.683. The van der Waals surface area contributed by atoms with Crippen molar-refractivity contribution in [1.82, 2.24) is 10.6 Å². The molecule has 0 radical (unpaired) electrons. The first kappa shape index (κ1) is 12.7. The minimum Gasteiger partial charge on any atom is -0.349 e. The van der Waals surface area contributed by atoms with E-state index in [4.69, 9.17) is 11.6 Å². The third-order valence-electron chi connectivity index (χ3n) is 3.50. The molecule has 1 heterocycles. The van der Waals surface area contributed by atoms with E-state index < -0.39 is 0 Å². The minimum absolute atomic E-state index is 0. The van der Waals surface area contributed by atoms with Crippen molar-refractivity contribution in [2.75, 3.05) is 13.1 Å². The average Bonchev–Trinajstić information content (AvgIpc) is 2.75. The molecule has 92 valence electrons. The molecule has 1 aliphatic carbocycles. The number of halogens is 2. The van der Waals surface area contributed by atoms with Gasteiger partial charge in [0.2, 0.25) is 0 Å². The molecule has 1 amide bonds. The monoisotopic (exact) mass is 272 g/mol. The summed E-state index contributed by atoms with van der Waals surface area (Å²) in [5, 5.41) is 7.03. The van der Waals surface area contributed by atoms with Gasteiger partial charge in [-0.1, -0.05) is 11.6 Å². The highest BCUT2D eigenvalue weighted by Crippen LogP contribution is 2.41. The Morgan fingerprint density at radius 2 is 1.82 bits per heavy atom. The summed E-state index contributed by atoms with van der Waals surface area (Å²) in [6, 6.07) is 7.38. The highest BCUT2D eigenvalue weighted by Gasteiger charge is 2.53. The molecule has 1 aliphatic heterocycles. The van der Waals surface area contributed by atoms with Crippen molar-refractivity contribution < 1.29 is 4.79 Å². The zero-order valence-electron chi connectivity index (χ0n) is 9.15. The Labute approximate surface area is 111 Å². The van der Waals surface area contributed by atoms with Crippen molar-refractivity contribution in [3.8, 4) is 0 Å². The number of benzene rings is 1. The molecular formula is C12H14Cl2N2O. The van der Waals surface area contributed by atoms with Gasteiger partial charge in [-0.15, -0.1) is 12.4 Å². The van der Waals surface area contributed by atoms with Crippen molar-refractivity contribution in [2.24, 2.45) is 11.8 Å². The molecular weight excluding hydrogens is 259 g/mol. The highest BCUT2D eigenvalue weighted by molar-refractivity contribution is 6.30. The quantitative estimate of drug-likeness (QED) is 0.861. The predicted molar refractivity (Wildman–Crippen MR) is 69.8 cm³/mol. The highest BCUT2D eigenvalue weighted by atomic mass is 35.5. The molecule has 0 bridgehead atoms. The van der Waals surface area contributed by atoms with Gasteiger partial charge in [0.05, 0.1) is 0 Å². The van der Waals surface area contributed by atoms with Crippen LogP contribution in [0.1, 0.15) is 10.4 Å². The standard InChI is InChI=1S/C12H13ClN2O.ClH/c13-8-3-1-7(2-4-8)12(16)15-11-9-5-14-6-10(9)11;/h1-4,9-11,14H,5-6H2,(H,15,16);1H. The van der Waals surface area contributed by atoms with Crippen molar-refractivity contribution in [2.45, 2.75) is 6.04 Å². The number of fused-ring (bicyclic) bond motifs is 1. The molecule has 1 saturated heterocycles. The third-order valence-corrected chi connectivity index (χ3v) is 3.75. The minimum atomic E-state index is 0. The largest absolute Gasteiger partial charge is 0.349 e. The molecule has 1 aromatic rings. The zero-order valence-corrected chi connectivity index (χ0v) is 10.7. The van der Waals surface area contributed by atoms with E-state index in [2.05, 4.69) is 10.6 Å². The number of amides is 1. The Kier molecular flexibility index (Phi) is 3.61. The summed E-state index contributed by atoms with van der Waals surface area (Å²) in [5.74, 6) is 1.31. The zero-order chi connectivity index (χ0) is 11.1. The van der Waals surface area contributed by atoms with Gasteiger partial charge in [0.25, 0.3) is 5.91 Å². The molecule has 5 heteroatoms. The first-order chi connectivity index (χ1) is 7.75. The molecule has 0 spiro atoms. The number of carbonyl (C=O) groups excluding carboxylic acids is 1. The second-order valence-corrected chi connectivity index (χ2v) is 4.93. The van der Waals surface area contributed by atoms with E-state index in [1.807, 2.05) is 0 Å². The van der Waals surface area contributed by atoms with Gasteiger partial charge >= 0.3 is 0 Å². The second kappa shape index (κ2) is 4.84. The molecule has 2 atom stereocenters. The van der Waals surface area contributed by atoms with Crippen molar-refractivity contribution in [1.29, 1.82) is 0 Å².